The first-order valence-electron chi connectivity index (χ1n) is 7.29. The van der Waals surface area contributed by atoms with E-state index in [1.807, 2.05) is 42.3 Å². The van der Waals surface area contributed by atoms with E-state index in [0.29, 0.717) is 32.5 Å². The molecule has 1 aromatic rings. The van der Waals surface area contributed by atoms with Crippen LogP contribution in [0.25, 0.3) is 0 Å². The summed E-state index contributed by atoms with van der Waals surface area (Å²) >= 11 is 0. The molecule has 0 spiro atoms. The zero-order valence-electron chi connectivity index (χ0n) is 12.4. The predicted molar refractivity (Wildman–Crippen MR) is 79.7 cm³/mol. The van der Waals surface area contributed by atoms with Crippen LogP contribution in [0.15, 0.2) is 30.3 Å². The highest BCUT2D eigenvalue weighted by Crippen LogP contribution is 2.17. The standard InChI is InChI=1S/C16H22N2O3/c1-17(11-13-5-3-2-4-6-13)12-15(19)18-9-7-14(8-10-18)16(20)21/h2-6,14H,7-12H2,1H3,(H,20,21). The van der Waals surface area contributed by atoms with E-state index in [-0.39, 0.29) is 11.8 Å². The van der Waals surface area contributed by atoms with Gasteiger partial charge < -0.3 is 10.0 Å². The molecule has 1 aliphatic rings. The van der Waals surface area contributed by atoms with Crippen LogP contribution in [0.5, 0.6) is 0 Å². The van der Waals surface area contributed by atoms with Gasteiger partial charge in [0.1, 0.15) is 0 Å². The predicted octanol–water partition coefficient (Wildman–Crippen LogP) is 1.44. The average Bonchev–Trinajstić information content (AvgIpc) is 2.48. The molecule has 1 saturated heterocycles. The summed E-state index contributed by atoms with van der Waals surface area (Å²) in [6.45, 7) is 2.20. The number of aliphatic carboxylic acids is 1. The molecule has 0 aliphatic carbocycles. The Labute approximate surface area is 125 Å². The van der Waals surface area contributed by atoms with Crippen LogP contribution in [0.1, 0.15) is 18.4 Å². The highest BCUT2D eigenvalue weighted by Gasteiger charge is 2.27. The second kappa shape index (κ2) is 7.22. The molecule has 0 bridgehead atoms. The maximum Gasteiger partial charge on any atom is 0.306 e. The van der Waals surface area contributed by atoms with Gasteiger partial charge in [-0.1, -0.05) is 30.3 Å². The van der Waals surface area contributed by atoms with E-state index in [9.17, 15) is 9.59 Å². The molecule has 0 atom stereocenters. The van der Waals surface area contributed by atoms with Gasteiger partial charge >= 0.3 is 5.97 Å². The van der Waals surface area contributed by atoms with E-state index in [4.69, 9.17) is 5.11 Å². The SMILES string of the molecule is CN(CC(=O)N1CCC(C(=O)O)CC1)Cc1ccccc1. The lowest BCUT2D eigenvalue weighted by Gasteiger charge is -2.31. The molecule has 0 radical (unpaired) electrons. The van der Waals surface area contributed by atoms with Crippen molar-refractivity contribution in [2.45, 2.75) is 19.4 Å². The topological polar surface area (TPSA) is 60.9 Å². The van der Waals surface area contributed by atoms with Crippen LogP contribution in [-0.4, -0.2) is 53.5 Å². The van der Waals surface area contributed by atoms with Crippen LogP contribution in [-0.2, 0) is 16.1 Å². The molecule has 5 heteroatoms. The molecule has 1 amide bonds. The fourth-order valence-corrected chi connectivity index (χ4v) is 2.66. The first kappa shape index (κ1) is 15.5. The van der Waals surface area contributed by atoms with Gasteiger partial charge in [-0.25, -0.2) is 0 Å². The highest BCUT2D eigenvalue weighted by atomic mass is 16.4. The van der Waals surface area contributed by atoms with Crippen LogP contribution < -0.4 is 0 Å². The van der Waals surface area contributed by atoms with Crippen LogP contribution >= 0.6 is 0 Å². The Kier molecular flexibility index (Phi) is 5.33. The van der Waals surface area contributed by atoms with Gasteiger partial charge in [0, 0.05) is 19.6 Å². The van der Waals surface area contributed by atoms with Crippen molar-refractivity contribution in [2.75, 3.05) is 26.7 Å². The number of amides is 1. The minimum Gasteiger partial charge on any atom is -0.481 e. The van der Waals surface area contributed by atoms with Gasteiger partial charge in [-0.15, -0.1) is 0 Å². The lowest BCUT2D eigenvalue weighted by Crippen LogP contribution is -2.44. The fraction of sp³-hybridized carbons (Fsp3) is 0.500. The monoisotopic (exact) mass is 290 g/mol. The van der Waals surface area contributed by atoms with Crippen LogP contribution in [0.3, 0.4) is 0 Å². The number of hydrogen-bond acceptors (Lipinski definition) is 3. The van der Waals surface area contributed by atoms with Gasteiger partial charge in [0.25, 0.3) is 0 Å². The molecule has 0 aromatic heterocycles. The highest BCUT2D eigenvalue weighted by molar-refractivity contribution is 5.78. The number of likely N-dealkylation sites (tertiary alicyclic amines) is 1. The summed E-state index contributed by atoms with van der Waals surface area (Å²) in [5, 5.41) is 8.96. The van der Waals surface area contributed by atoms with Crippen molar-refractivity contribution in [1.82, 2.24) is 9.80 Å². The van der Waals surface area contributed by atoms with Gasteiger partial charge in [-0.05, 0) is 25.5 Å². The minimum atomic E-state index is -0.747. The van der Waals surface area contributed by atoms with Crippen molar-refractivity contribution in [1.29, 1.82) is 0 Å². The third-order valence-corrected chi connectivity index (χ3v) is 3.90. The van der Waals surface area contributed by atoms with E-state index < -0.39 is 5.97 Å². The van der Waals surface area contributed by atoms with Crippen molar-refractivity contribution in [3.63, 3.8) is 0 Å². The average molecular weight is 290 g/mol. The number of nitrogens with zero attached hydrogens (tertiary/aromatic N) is 2. The first-order chi connectivity index (χ1) is 10.1. The molecule has 114 valence electrons. The third-order valence-electron chi connectivity index (χ3n) is 3.90. The van der Waals surface area contributed by atoms with Crippen molar-refractivity contribution >= 4 is 11.9 Å². The van der Waals surface area contributed by atoms with Gasteiger partial charge in [-0.2, -0.15) is 0 Å². The third kappa shape index (κ3) is 4.56. The number of carbonyl (C=O) groups is 2. The maximum absolute atomic E-state index is 12.2. The van der Waals surface area contributed by atoms with Crippen molar-refractivity contribution in [3.8, 4) is 0 Å². The normalized spacial score (nSPS) is 16.2. The Morgan fingerprint density at radius 2 is 1.86 bits per heavy atom. The second-order valence-electron chi connectivity index (χ2n) is 5.65. The number of carboxylic acid groups (broad SMARTS) is 1. The fourth-order valence-electron chi connectivity index (χ4n) is 2.66. The number of carbonyl (C=O) groups excluding carboxylic acids is 1. The summed E-state index contributed by atoms with van der Waals surface area (Å²) in [5.74, 6) is -0.961. The Balaban J connectivity index is 1.78. The Morgan fingerprint density at radius 1 is 1.24 bits per heavy atom. The summed E-state index contributed by atoms with van der Waals surface area (Å²) < 4.78 is 0. The van der Waals surface area contributed by atoms with Crippen molar-refractivity contribution in [3.05, 3.63) is 35.9 Å². The molecule has 1 fully saturated rings. The molecule has 2 rings (SSSR count). The molecule has 5 nitrogen and oxygen atoms in total. The van der Waals surface area contributed by atoms with E-state index in [1.54, 1.807) is 4.90 Å². The molecule has 1 aliphatic heterocycles. The number of likely N-dealkylation sites (N-methyl/N-ethyl adjacent to an activating group) is 1. The Hall–Kier alpha value is -1.88. The van der Waals surface area contributed by atoms with Gasteiger partial charge in [-0.3, -0.25) is 14.5 Å². The largest absolute Gasteiger partial charge is 0.481 e. The molecular formula is C16H22N2O3. The summed E-state index contributed by atoms with van der Waals surface area (Å²) in [5.41, 5.74) is 1.18. The summed E-state index contributed by atoms with van der Waals surface area (Å²) in [6, 6.07) is 10.0. The first-order valence-corrected chi connectivity index (χ1v) is 7.29. The summed E-state index contributed by atoms with van der Waals surface area (Å²) in [4.78, 5) is 26.9. The Morgan fingerprint density at radius 3 is 2.43 bits per heavy atom. The Bertz CT molecular complexity index is 482. The molecule has 21 heavy (non-hydrogen) atoms. The number of hydrogen-bond donors (Lipinski definition) is 1. The van der Waals surface area contributed by atoms with Crippen molar-refractivity contribution < 1.29 is 14.7 Å². The van der Waals surface area contributed by atoms with Crippen molar-refractivity contribution in [2.24, 2.45) is 5.92 Å². The lowest BCUT2D eigenvalue weighted by molar-refractivity contribution is -0.145. The molecule has 0 unspecified atom stereocenters. The molecule has 1 aromatic carbocycles. The zero-order chi connectivity index (χ0) is 15.2. The van der Waals surface area contributed by atoms with E-state index in [2.05, 4.69) is 0 Å². The van der Waals surface area contributed by atoms with Crippen LogP contribution in [0, 0.1) is 5.92 Å². The number of carboxylic acids is 1. The number of benzene rings is 1. The van der Waals surface area contributed by atoms with Gasteiger partial charge in [0.05, 0.1) is 12.5 Å². The molecule has 1 heterocycles. The quantitative estimate of drug-likeness (QED) is 0.891. The second-order valence-corrected chi connectivity index (χ2v) is 5.65. The summed E-state index contributed by atoms with van der Waals surface area (Å²) in [6.07, 6.45) is 1.12. The molecule has 0 saturated carbocycles. The van der Waals surface area contributed by atoms with Crippen LogP contribution in [0.4, 0.5) is 0 Å². The van der Waals surface area contributed by atoms with Crippen LogP contribution in [0.2, 0.25) is 0 Å². The van der Waals surface area contributed by atoms with E-state index in [1.165, 1.54) is 5.56 Å². The van der Waals surface area contributed by atoms with Gasteiger partial charge in [0.2, 0.25) is 5.91 Å². The smallest absolute Gasteiger partial charge is 0.306 e. The maximum atomic E-state index is 12.2. The zero-order valence-corrected chi connectivity index (χ0v) is 12.4. The number of piperidine rings is 1. The molecule has 1 N–H and O–H groups in total. The van der Waals surface area contributed by atoms with E-state index in [0.717, 1.165) is 6.54 Å². The minimum absolute atomic E-state index is 0.0808. The molecular weight excluding hydrogens is 268 g/mol. The summed E-state index contributed by atoms with van der Waals surface area (Å²) in [7, 11) is 1.93. The lowest BCUT2D eigenvalue weighted by atomic mass is 9.97. The van der Waals surface area contributed by atoms with E-state index >= 15 is 0 Å². The number of rotatable bonds is 5. The van der Waals surface area contributed by atoms with Gasteiger partial charge in [0.15, 0.2) is 0 Å².